The number of hydrogen-bond acceptors (Lipinski definition) is 2. The van der Waals surface area contributed by atoms with E-state index in [0.29, 0.717) is 12.5 Å². The topological polar surface area (TPSA) is 54.5 Å². The van der Waals surface area contributed by atoms with Crippen LogP contribution < -0.4 is 5.73 Å². The first-order valence-electron chi connectivity index (χ1n) is 7.29. The van der Waals surface area contributed by atoms with E-state index in [1.807, 2.05) is 29.2 Å². The van der Waals surface area contributed by atoms with Crippen molar-refractivity contribution in [3.8, 4) is 11.3 Å². The highest BCUT2D eigenvalue weighted by Crippen LogP contribution is 2.18. The van der Waals surface area contributed by atoms with Gasteiger partial charge in [0.25, 0.3) is 0 Å². The Hall–Kier alpha value is -1.63. The molecule has 1 heterocycles. The second-order valence-corrected chi connectivity index (χ2v) is 4.76. The Morgan fingerprint density at radius 1 is 1.14 bits per heavy atom. The number of nitrogens with zero attached hydrogens (tertiary/aromatic N) is 3. The zero-order chi connectivity index (χ0) is 15.1. The SMILES string of the molecule is CCN(CC)C(N)=NCc1cccc(-c2ccccn2)c1.I. The zero-order valence-electron chi connectivity index (χ0n) is 13.1. The summed E-state index contributed by atoms with van der Waals surface area (Å²) in [6.45, 7) is 6.49. The van der Waals surface area contributed by atoms with Crippen molar-refractivity contribution in [1.29, 1.82) is 0 Å². The fraction of sp³-hybridized carbons (Fsp3) is 0.294. The van der Waals surface area contributed by atoms with Gasteiger partial charge in [-0.2, -0.15) is 0 Å². The molecule has 0 saturated heterocycles. The first kappa shape index (κ1) is 18.4. The molecule has 118 valence electrons. The van der Waals surface area contributed by atoms with Gasteiger partial charge in [-0.15, -0.1) is 24.0 Å². The highest BCUT2D eigenvalue weighted by atomic mass is 127. The Morgan fingerprint density at radius 3 is 2.55 bits per heavy atom. The summed E-state index contributed by atoms with van der Waals surface area (Å²) >= 11 is 0. The third-order valence-electron chi connectivity index (χ3n) is 3.40. The maximum atomic E-state index is 6.00. The molecule has 0 radical (unpaired) electrons. The highest BCUT2D eigenvalue weighted by molar-refractivity contribution is 14.0. The molecule has 5 heteroatoms. The Morgan fingerprint density at radius 2 is 1.91 bits per heavy atom. The maximum absolute atomic E-state index is 6.00. The van der Waals surface area contributed by atoms with Crippen LogP contribution in [0.4, 0.5) is 0 Å². The molecule has 0 fully saturated rings. The minimum atomic E-state index is 0. The molecular formula is C17H23IN4. The van der Waals surface area contributed by atoms with Gasteiger partial charge in [0.15, 0.2) is 5.96 Å². The predicted molar refractivity (Wildman–Crippen MR) is 103 cm³/mol. The van der Waals surface area contributed by atoms with Crippen molar-refractivity contribution in [3.05, 3.63) is 54.2 Å². The third-order valence-corrected chi connectivity index (χ3v) is 3.40. The molecule has 0 aliphatic rings. The van der Waals surface area contributed by atoms with Crippen LogP contribution in [0.15, 0.2) is 53.7 Å². The standard InChI is InChI=1S/C17H22N4.HI/c1-3-21(4-2)17(18)20-13-14-8-7-9-15(12-14)16-10-5-6-11-19-16;/h5-12H,3-4,13H2,1-2H3,(H2,18,20);1H. The van der Waals surface area contributed by atoms with Crippen molar-refractivity contribution in [3.63, 3.8) is 0 Å². The molecule has 1 aromatic heterocycles. The van der Waals surface area contributed by atoms with Gasteiger partial charge in [0, 0.05) is 24.8 Å². The molecule has 2 N–H and O–H groups in total. The molecular weight excluding hydrogens is 387 g/mol. The van der Waals surface area contributed by atoms with Gasteiger partial charge in [-0.25, -0.2) is 4.99 Å². The van der Waals surface area contributed by atoms with Gasteiger partial charge in [0.2, 0.25) is 0 Å². The summed E-state index contributed by atoms with van der Waals surface area (Å²) in [6, 6.07) is 14.2. The summed E-state index contributed by atoms with van der Waals surface area (Å²) < 4.78 is 0. The summed E-state index contributed by atoms with van der Waals surface area (Å²) in [4.78, 5) is 10.9. The van der Waals surface area contributed by atoms with E-state index in [2.05, 4.69) is 42.0 Å². The Kier molecular flexibility index (Phi) is 7.87. The van der Waals surface area contributed by atoms with Crippen molar-refractivity contribution < 1.29 is 0 Å². The van der Waals surface area contributed by atoms with E-state index in [-0.39, 0.29) is 24.0 Å². The van der Waals surface area contributed by atoms with E-state index < -0.39 is 0 Å². The molecule has 0 atom stereocenters. The first-order chi connectivity index (χ1) is 10.2. The van der Waals surface area contributed by atoms with Crippen molar-refractivity contribution in [2.24, 2.45) is 10.7 Å². The molecule has 1 aromatic carbocycles. The average Bonchev–Trinajstić information content (AvgIpc) is 2.55. The fourth-order valence-electron chi connectivity index (χ4n) is 2.18. The first-order valence-corrected chi connectivity index (χ1v) is 7.29. The van der Waals surface area contributed by atoms with Crippen LogP contribution in [0, 0.1) is 0 Å². The highest BCUT2D eigenvalue weighted by Gasteiger charge is 2.03. The molecule has 22 heavy (non-hydrogen) atoms. The molecule has 2 rings (SSSR count). The minimum Gasteiger partial charge on any atom is -0.370 e. The summed E-state index contributed by atoms with van der Waals surface area (Å²) in [7, 11) is 0. The third kappa shape index (κ3) is 4.98. The molecule has 0 bridgehead atoms. The number of pyridine rings is 1. The molecule has 0 aliphatic carbocycles. The smallest absolute Gasteiger partial charge is 0.191 e. The summed E-state index contributed by atoms with van der Waals surface area (Å²) in [5.41, 5.74) is 9.21. The lowest BCUT2D eigenvalue weighted by molar-refractivity contribution is 0.458. The van der Waals surface area contributed by atoms with Gasteiger partial charge >= 0.3 is 0 Å². The van der Waals surface area contributed by atoms with Crippen LogP contribution in [0.25, 0.3) is 11.3 Å². The maximum Gasteiger partial charge on any atom is 0.191 e. The molecule has 0 unspecified atom stereocenters. The van der Waals surface area contributed by atoms with Crippen LogP contribution in [-0.4, -0.2) is 28.9 Å². The number of benzene rings is 1. The van der Waals surface area contributed by atoms with Crippen molar-refractivity contribution in [2.45, 2.75) is 20.4 Å². The summed E-state index contributed by atoms with van der Waals surface area (Å²) in [5.74, 6) is 0.600. The van der Waals surface area contributed by atoms with Gasteiger partial charge in [-0.05, 0) is 37.6 Å². The van der Waals surface area contributed by atoms with Gasteiger partial charge in [0.05, 0.1) is 12.2 Å². The zero-order valence-corrected chi connectivity index (χ0v) is 15.4. The van der Waals surface area contributed by atoms with Crippen LogP contribution in [0.3, 0.4) is 0 Å². The van der Waals surface area contributed by atoms with Gasteiger partial charge in [-0.3, -0.25) is 4.98 Å². The van der Waals surface area contributed by atoms with E-state index >= 15 is 0 Å². The lowest BCUT2D eigenvalue weighted by atomic mass is 10.1. The molecule has 0 aliphatic heterocycles. The van der Waals surface area contributed by atoms with Crippen LogP contribution in [0.2, 0.25) is 0 Å². The largest absolute Gasteiger partial charge is 0.370 e. The normalized spacial score (nSPS) is 10.9. The van der Waals surface area contributed by atoms with Crippen LogP contribution >= 0.6 is 24.0 Å². The second kappa shape index (κ2) is 9.40. The quantitative estimate of drug-likeness (QED) is 0.466. The number of rotatable bonds is 5. The van der Waals surface area contributed by atoms with Crippen molar-refractivity contribution in [1.82, 2.24) is 9.88 Å². The molecule has 0 amide bonds. The van der Waals surface area contributed by atoms with Gasteiger partial charge < -0.3 is 10.6 Å². The van der Waals surface area contributed by atoms with Crippen molar-refractivity contribution >= 4 is 29.9 Å². The van der Waals surface area contributed by atoms with Gasteiger partial charge in [-0.1, -0.05) is 24.3 Å². The van der Waals surface area contributed by atoms with Crippen molar-refractivity contribution in [2.75, 3.05) is 13.1 Å². The molecule has 4 nitrogen and oxygen atoms in total. The number of aromatic nitrogens is 1. The Balaban J connectivity index is 0.00000242. The molecule has 2 aromatic rings. The van der Waals surface area contributed by atoms with E-state index in [1.54, 1.807) is 6.20 Å². The van der Waals surface area contributed by atoms with Crippen LogP contribution in [-0.2, 0) is 6.54 Å². The number of guanidine groups is 1. The van der Waals surface area contributed by atoms with Crippen LogP contribution in [0.5, 0.6) is 0 Å². The number of aliphatic imine (C=N–C) groups is 1. The molecule has 0 spiro atoms. The van der Waals surface area contributed by atoms with Crippen LogP contribution in [0.1, 0.15) is 19.4 Å². The number of halogens is 1. The summed E-state index contributed by atoms with van der Waals surface area (Å²) in [6.07, 6.45) is 1.80. The van der Waals surface area contributed by atoms with E-state index in [1.165, 1.54) is 0 Å². The Labute approximate surface area is 149 Å². The average molecular weight is 410 g/mol. The molecule has 0 saturated carbocycles. The number of hydrogen-bond donors (Lipinski definition) is 1. The monoisotopic (exact) mass is 410 g/mol. The fourth-order valence-corrected chi connectivity index (χ4v) is 2.18. The number of nitrogens with two attached hydrogens (primary N) is 1. The Bertz CT molecular complexity index is 595. The predicted octanol–water partition coefficient (Wildman–Crippen LogP) is 3.52. The van der Waals surface area contributed by atoms with E-state index in [4.69, 9.17) is 5.73 Å². The lowest BCUT2D eigenvalue weighted by Crippen LogP contribution is -2.37. The van der Waals surface area contributed by atoms with E-state index in [9.17, 15) is 0 Å². The minimum absolute atomic E-state index is 0. The summed E-state index contributed by atoms with van der Waals surface area (Å²) in [5, 5.41) is 0. The van der Waals surface area contributed by atoms with E-state index in [0.717, 1.165) is 29.9 Å². The van der Waals surface area contributed by atoms with Gasteiger partial charge in [0.1, 0.15) is 0 Å². The second-order valence-electron chi connectivity index (χ2n) is 4.76. The lowest BCUT2D eigenvalue weighted by Gasteiger charge is -2.19.